The first-order chi connectivity index (χ1) is 9.10. The van der Waals surface area contributed by atoms with Gasteiger partial charge in [-0.3, -0.25) is 9.35 Å². The van der Waals surface area contributed by atoms with E-state index < -0.39 is 17.3 Å². The predicted octanol–water partition coefficient (Wildman–Crippen LogP) is 1.20. The first kappa shape index (κ1) is 14.3. The number of rotatable bonds is 4. The molecular formula is C9H11N4O3S3+. The Bertz CT molecular complexity index is 533. The minimum absolute atomic E-state index is 0.00498. The van der Waals surface area contributed by atoms with Crippen LogP contribution in [-0.2, 0) is 16.1 Å². The molecule has 0 radical (unpaired) electrons. The molecule has 1 aromatic rings. The molecule has 19 heavy (non-hydrogen) atoms. The maximum atomic E-state index is 11.4. The van der Waals surface area contributed by atoms with Crippen molar-refractivity contribution in [2.24, 2.45) is 10.3 Å². The molecule has 0 spiro atoms. The van der Waals surface area contributed by atoms with Crippen molar-refractivity contribution in [3.63, 3.8) is 0 Å². The second-order valence-corrected chi connectivity index (χ2v) is 5.67. The molecular weight excluding hydrogens is 308 g/mol. The van der Waals surface area contributed by atoms with Crippen molar-refractivity contribution >= 4 is 46.2 Å². The first-order valence-electron chi connectivity index (χ1n) is 5.26. The summed E-state index contributed by atoms with van der Waals surface area (Å²) in [5.41, 5.74) is 0.758. The monoisotopic (exact) mass is 319 g/mol. The summed E-state index contributed by atoms with van der Waals surface area (Å²) in [6.07, 6.45) is 0.737. The SMILES string of the molecule is O=CC(c1ccsc1)[N+]1(C(=S)NS(=O)O)CCN=N1. The molecule has 0 fully saturated rings. The van der Waals surface area contributed by atoms with E-state index in [9.17, 15) is 9.00 Å². The fourth-order valence-electron chi connectivity index (χ4n) is 1.89. The van der Waals surface area contributed by atoms with E-state index in [4.69, 9.17) is 16.8 Å². The second-order valence-electron chi connectivity index (χ2n) is 3.80. The maximum Gasteiger partial charge on any atom is 0.312 e. The standard InChI is InChI=1S/C9H10N4O3S3/c14-5-8(7-1-4-18-6-7)13(3-2-10-12-13)9(17)11-19(15)16/h1,4-6,8H,2-3H2,(H-,11,15,16,17)/p+1. The molecule has 0 saturated carbocycles. The molecule has 3 atom stereocenters. The van der Waals surface area contributed by atoms with Crippen LogP contribution in [0.1, 0.15) is 11.6 Å². The highest BCUT2D eigenvalue weighted by Gasteiger charge is 2.47. The Hall–Kier alpha value is -1.07. The fraction of sp³-hybridized carbons (Fsp3) is 0.333. The van der Waals surface area contributed by atoms with E-state index in [1.807, 2.05) is 10.8 Å². The molecule has 2 N–H and O–H groups in total. The van der Waals surface area contributed by atoms with Crippen LogP contribution in [0.25, 0.3) is 0 Å². The molecule has 0 amide bonds. The first-order valence-corrected chi connectivity index (χ1v) is 7.72. The van der Waals surface area contributed by atoms with Gasteiger partial charge in [0.1, 0.15) is 13.1 Å². The molecule has 1 aliphatic heterocycles. The summed E-state index contributed by atoms with van der Waals surface area (Å²) in [4.78, 5) is 11.4. The molecule has 0 bridgehead atoms. The van der Waals surface area contributed by atoms with Crippen LogP contribution in [0, 0.1) is 0 Å². The van der Waals surface area contributed by atoms with E-state index in [2.05, 4.69) is 15.1 Å². The van der Waals surface area contributed by atoms with E-state index in [0.29, 0.717) is 13.1 Å². The van der Waals surface area contributed by atoms with Gasteiger partial charge >= 0.3 is 5.11 Å². The van der Waals surface area contributed by atoms with Crippen molar-refractivity contribution in [1.82, 2.24) is 4.72 Å². The quantitative estimate of drug-likeness (QED) is 0.377. The summed E-state index contributed by atoms with van der Waals surface area (Å²) >= 11 is 4.26. The lowest BCUT2D eigenvalue weighted by atomic mass is 10.1. The van der Waals surface area contributed by atoms with Crippen molar-refractivity contribution in [1.29, 1.82) is 0 Å². The molecule has 1 aliphatic rings. The van der Waals surface area contributed by atoms with Gasteiger partial charge in [-0.25, -0.2) is 8.93 Å². The van der Waals surface area contributed by atoms with Crippen LogP contribution in [0.2, 0.25) is 0 Å². The summed E-state index contributed by atoms with van der Waals surface area (Å²) < 4.78 is 21.7. The molecule has 0 aromatic carbocycles. The van der Waals surface area contributed by atoms with Gasteiger partial charge in [0.25, 0.3) is 11.3 Å². The number of carbonyl (C=O) groups is 1. The van der Waals surface area contributed by atoms with E-state index in [0.717, 1.165) is 11.8 Å². The lowest BCUT2D eigenvalue weighted by Crippen LogP contribution is -2.55. The number of thiophene rings is 1. The predicted molar refractivity (Wildman–Crippen MR) is 74.5 cm³/mol. The lowest BCUT2D eigenvalue weighted by Gasteiger charge is -2.30. The number of hydrogen-bond donors (Lipinski definition) is 2. The Morgan fingerprint density at radius 1 is 1.74 bits per heavy atom. The lowest BCUT2D eigenvalue weighted by molar-refractivity contribution is -0.863. The van der Waals surface area contributed by atoms with E-state index in [1.54, 1.807) is 6.07 Å². The fourth-order valence-corrected chi connectivity index (χ4v) is 3.34. The Labute approximate surface area is 121 Å². The van der Waals surface area contributed by atoms with Gasteiger partial charge in [-0.15, -0.1) is 9.71 Å². The minimum atomic E-state index is -2.30. The smallest absolute Gasteiger partial charge is 0.296 e. The van der Waals surface area contributed by atoms with Crippen LogP contribution in [0.15, 0.2) is 27.2 Å². The van der Waals surface area contributed by atoms with Gasteiger partial charge in [-0.2, -0.15) is 11.3 Å². The summed E-state index contributed by atoms with van der Waals surface area (Å²) in [6.45, 7) is 0.788. The second kappa shape index (κ2) is 5.92. The van der Waals surface area contributed by atoms with Crippen molar-refractivity contribution in [2.75, 3.05) is 13.1 Å². The van der Waals surface area contributed by atoms with Crippen LogP contribution in [0.3, 0.4) is 0 Å². The zero-order valence-electron chi connectivity index (χ0n) is 9.63. The molecule has 2 heterocycles. The maximum absolute atomic E-state index is 11.4. The normalized spacial score (nSPS) is 24.9. The molecule has 102 valence electrons. The third-order valence-corrected chi connectivity index (χ3v) is 4.38. The van der Waals surface area contributed by atoms with Crippen LogP contribution < -0.4 is 4.72 Å². The molecule has 0 saturated heterocycles. The molecule has 7 nitrogen and oxygen atoms in total. The number of carbonyl (C=O) groups excluding carboxylic acids is 1. The van der Waals surface area contributed by atoms with Crippen LogP contribution in [-0.4, -0.2) is 37.8 Å². The highest BCUT2D eigenvalue weighted by molar-refractivity contribution is 7.83. The van der Waals surface area contributed by atoms with E-state index >= 15 is 0 Å². The van der Waals surface area contributed by atoms with Crippen LogP contribution in [0.4, 0.5) is 0 Å². The van der Waals surface area contributed by atoms with Crippen LogP contribution in [0.5, 0.6) is 0 Å². The Balaban J connectivity index is 2.38. The van der Waals surface area contributed by atoms with Gasteiger partial charge in [0, 0.05) is 28.4 Å². The summed E-state index contributed by atoms with van der Waals surface area (Å²) in [6, 6.07) is 1.14. The molecule has 1 aromatic heterocycles. The van der Waals surface area contributed by atoms with Gasteiger partial charge in [-0.05, 0) is 11.4 Å². The van der Waals surface area contributed by atoms with Gasteiger partial charge in [-0.1, -0.05) is 0 Å². The van der Waals surface area contributed by atoms with Crippen molar-refractivity contribution in [2.45, 2.75) is 6.04 Å². The third-order valence-electron chi connectivity index (χ3n) is 2.76. The largest absolute Gasteiger partial charge is 0.312 e. The third kappa shape index (κ3) is 2.77. The molecule has 0 aliphatic carbocycles. The number of nitrogens with one attached hydrogen (secondary N) is 1. The number of hydrogen-bond acceptors (Lipinski definition) is 6. The average molecular weight is 319 g/mol. The van der Waals surface area contributed by atoms with Crippen molar-refractivity contribution in [3.05, 3.63) is 22.4 Å². The topological polar surface area (TPSA) is 91.1 Å². The summed E-state index contributed by atoms with van der Waals surface area (Å²) in [5, 5.41) is 11.6. The van der Waals surface area contributed by atoms with Gasteiger partial charge in [0.05, 0.1) is 0 Å². The van der Waals surface area contributed by atoms with Gasteiger partial charge < -0.3 is 0 Å². The average Bonchev–Trinajstić information content (AvgIpc) is 3.00. The molecule has 2 rings (SSSR count). The Morgan fingerprint density at radius 3 is 3.00 bits per heavy atom. The molecule has 3 unspecified atom stereocenters. The van der Waals surface area contributed by atoms with Crippen LogP contribution >= 0.6 is 23.6 Å². The Morgan fingerprint density at radius 2 is 2.53 bits per heavy atom. The number of quaternary nitrogens is 1. The summed E-state index contributed by atoms with van der Waals surface area (Å²) in [7, 11) is 0. The minimum Gasteiger partial charge on any atom is -0.296 e. The van der Waals surface area contributed by atoms with Gasteiger partial charge in [0.15, 0.2) is 6.29 Å². The Kier molecular flexibility index (Phi) is 4.47. The van der Waals surface area contributed by atoms with Gasteiger partial charge in [0.2, 0.25) is 6.04 Å². The van der Waals surface area contributed by atoms with Crippen molar-refractivity contribution in [3.8, 4) is 0 Å². The molecule has 10 heteroatoms. The number of nitrogens with zero attached hydrogens (tertiary/aromatic N) is 3. The zero-order chi connectivity index (χ0) is 13.9. The van der Waals surface area contributed by atoms with E-state index in [-0.39, 0.29) is 9.70 Å². The zero-order valence-corrected chi connectivity index (χ0v) is 12.1. The summed E-state index contributed by atoms with van der Waals surface area (Å²) in [5.74, 6) is 0. The highest BCUT2D eigenvalue weighted by atomic mass is 32.2. The number of aldehydes is 1. The highest BCUT2D eigenvalue weighted by Crippen LogP contribution is 2.32. The van der Waals surface area contributed by atoms with E-state index in [1.165, 1.54) is 11.3 Å². The van der Waals surface area contributed by atoms with Crippen molar-refractivity contribution < 1.29 is 18.1 Å². The number of thiocarbonyl (C=S) groups is 1.